The fourth-order valence-electron chi connectivity index (χ4n) is 5.28. The van der Waals surface area contributed by atoms with E-state index in [-0.39, 0.29) is 23.9 Å². The van der Waals surface area contributed by atoms with Crippen LogP contribution in [0.25, 0.3) is 0 Å². The lowest BCUT2D eigenvalue weighted by Crippen LogP contribution is -2.33. The predicted molar refractivity (Wildman–Crippen MR) is 112 cm³/mol. The van der Waals surface area contributed by atoms with Crippen molar-refractivity contribution in [2.24, 2.45) is 11.8 Å². The fourth-order valence-corrected chi connectivity index (χ4v) is 5.28. The Kier molecular flexibility index (Phi) is 9.01. The van der Waals surface area contributed by atoms with Crippen molar-refractivity contribution in [3.63, 3.8) is 0 Å². The van der Waals surface area contributed by atoms with Crippen LogP contribution in [-0.4, -0.2) is 42.3 Å². The van der Waals surface area contributed by atoms with E-state index < -0.39 is 11.9 Å². The summed E-state index contributed by atoms with van der Waals surface area (Å²) in [5.74, 6) is -0.283. The molecule has 0 bridgehead atoms. The van der Waals surface area contributed by atoms with Crippen molar-refractivity contribution in [3.05, 3.63) is 12.2 Å². The van der Waals surface area contributed by atoms with Crippen molar-refractivity contribution in [1.29, 1.82) is 0 Å². The first-order valence-electron chi connectivity index (χ1n) is 11.9. The van der Waals surface area contributed by atoms with Gasteiger partial charge in [0, 0.05) is 31.6 Å². The normalized spacial score (nSPS) is 32.1. The van der Waals surface area contributed by atoms with Crippen molar-refractivity contribution in [3.8, 4) is 0 Å². The maximum atomic E-state index is 12.1. The minimum atomic E-state index is -0.480. The number of rotatable bonds is 9. The maximum Gasteiger partial charge on any atom is 0.306 e. The number of unbranched alkanes of at least 4 members (excludes halogenated alkanes) is 4. The van der Waals surface area contributed by atoms with Crippen LogP contribution in [0.15, 0.2) is 12.2 Å². The van der Waals surface area contributed by atoms with Gasteiger partial charge in [-0.3, -0.25) is 4.79 Å². The lowest BCUT2D eigenvalue weighted by Gasteiger charge is -2.31. The fraction of sp³-hybridized carbons (Fsp3) is 0.875. The average Bonchev–Trinajstić information content (AvgIpc) is 3.28. The Morgan fingerprint density at radius 3 is 2.69 bits per heavy atom. The van der Waals surface area contributed by atoms with Crippen LogP contribution in [0.2, 0.25) is 0 Å². The van der Waals surface area contributed by atoms with Gasteiger partial charge in [-0.2, -0.15) is 0 Å². The third-order valence-corrected chi connectivity index (χ3v) is 6.94. The summed E-state index contributed by atoms with van der Waals surface area (Å²) in [5.41, 5.74) is 0. The summed E-state index contributed by atoms with van der Waals surface area (Å²) in [6.45, 7) is 3.56. The standard InChI is InChI=1S/C24H40O5/c1-2-3-4-7-10-14-24(27-16-17-28-24)15-13-19-20-11-8-5-6-9-12-23(26)29-22(20)18-21(19)25/h5,8,19-22,25H,2-4,6-7,9-18H2,1H3. The molecule has 4 unspecified atom stereocenters. The summed E-state index contributed by atoms with van der Waals surface area (Å²) in [5, 5.41) is 10.8. The van der Waals surface area contributed by atoms with E-state index in [0.29, 0.717) is 26.1 Å². The largest absolute Gasteiger partial charge is 0.462 e. The summed E-state index contributed by atoms with van der Waals surface area (Å²) < 4.78 is 17.9. The first-order valence-corrected chi connectivity index (χ1v) is 11.9. The third kappa shape index (κ3) is 6.53. The second kappa shape index (κ2) is 11.5. The highest BCUT2D eigenvalue weighted by atomic mass is 16.7. The monoisotopic (exact) mass is 408 g/mol. The van der Waals surface area contributed by atoms with Crippen molar-refractivity contribution in [1.82, 2.24) is 0 Å². The van der Waals surface area contributed by atoms with Gasteiger partial charge in [0.25, 0.3) is 0 Å². The molecule has 0 radical (unpaired) electrons. The Balaban J connectivity index is 1.57. The molecule has 0 aromatic rings. The lowest BCUT2D eigenvalue weighted by molar-refractivity contribution is -0.172. The summed E-state index contributed by atoms with van der Waals surface area (Å²) in [6, 6.07) is 0. The molecule has 2 heterocycles. The zero-order valence-electron chi connectivity index (χ0n) is 18.2. The van der Waals surface area contributed by atoms with Gasteiger partial charge in [-0.05, 0) is 38.0 Å². The van der Waals surface area contributed by atoms with Crippen LogP contribution in [0.3, 0.4) is 0 Å². The molecule has 3 rings (SSSR count). The summed E-state index contributed by atoms with van der Waals surface area (Å²) in [6.07, 6.45) is 16.2. The van der Waals surface area contributed by atoms with E-state index >= 15 is 0 Å². The van der Waals surface area contributed by atoms with Crippen molar-refractivity contribution in [2.45, 2.75) is 108 Å². The van der Waals surface area contributed by atoms with Crippen LogP contribution < -0.4 is 0 Å². The topological polar surface area (TPSA) is 65.0 Å². The molecule has 3 aliphatic rings. The van der Waals surface area contributed by atoms with Gasteiger partial charge < -0.3 is 19.3 Å². The Morgan fingerprint density at radius 2 is 1.90 bits per heavy atom. The van der Waals surface area contributed by atoms with Gasteiger partial charge in [-0.1, -0.05) is 44.8 Å². The highest BCUT2D eigenvalue weighted by Crippen LogP contribution is 2.43. The van der Waals surface area contributed by atoms with Crippen LogP contribution in [0, 0.1) is 11.8 Å². The minimum Gasteiger partial charge on any atom is -0.462 e. The van der Waals surface area contributed by atoms with Gasteiger partial charge in [0.1, 0.15) is 6.10 Å². The van der Waals surface area contributed by atoms with E-state index in [0.717, 1.165) is 44.9 Å². The first-order chi connectivity index (χ1) is 14.1. The molecule has 0 aromatic heterocycles. The second-order valence-electron chi connectivity index (χ2n) is 9.07. The summed E-state index contributed by atoms with van der Waals surface area (Å²) >= 11 is 0. The molecule has 4 atom stereocenters. The van der Waals surface area contributed by atoms with Crippen molar-refractivity contribution in [2.75, 3.05) is 13.2 Å². The van der Waals surface area contributed by atoms with Gasteiger partial charge in [0.05, 0.1) is 19.3 Å². The number of carbonyl (C=O) groups excluding carboxylic acids is 1. The Labute approximate surface area is 176 Å². The van der Waals surface area contributed by atoms with Crippen LogP contribution in [-0.2, 0) is 19.0 Å². The molecular formula is C24H40O5. The highest BCUT2D eigenvalue weighted by molar-refractivity contribution is 5.69. The lowest BCUT2D eigenvalue weighted by atomic mass is 9.84. The zero-order valence-corrected chi connectivity index (χ0v) is 18.2. The van der Waals surface area contributed by atoms with Gasteiger partial charge in [-0.25, -0.2) is 0 Å². The number of hydrogen-bond donors (Lipinski definition) is 1. The quantitative estimate of drug-likeness (QED) is 0.334. The zero-order chi connectivity index (χ0) is 20.5. The number of hydrogen-bond acceptors (Lipinski definition) is 5. The van der Waals surface area contributed by atoms with Crippen LogP contribution in [0.1, 0.15) is 90.4 Å². The number of allylic oxidation sites excluding steroid dienone is 2. The van der Waals surface area contributed by atoms with E-state index in [4.69, 9.17) is 14.2 Å². The van der Waals surface area contributed by atoms with Gasteiger partial charge in [0.2, 0.25) is 0 Å². The van der Waals surface area contributed by atoms with Crippen LogP contribution >= 0.6 is 0 Å². The van der Waals surface area contributed by atoms with E-state index in [9.17, 15) is 9.90 Å². The molecule has 1 N–H and O–H groups in total. The van der Waals surface area contributed by atoms with E-state index in [1.54, 1.807) is 0 Å². The SMILES string of the molecule is CCCCCCCC1(CCC2C(O)CC3OC(=O)CCCC=CCC32)OCCO1. The molecule has 1 saturated carbocycles. The Morgan fingerprint density at radius 1 is 1.10 bits per heavy atom. The third-order valence-electron chi connectivity index (χ3n) is 6.94. The van der Waals surface area contributed by atoms with Crippen LogP contribution in [0.4, 0.5) is 0 Å². The number of ether oxygens (including phenoxy) is 3. The molecule has 2 aliphatic heterocycles. The van der Waals surface area contributed by atoms with E-state index in [1.807, 2.05) is 0 Å². The molecule has 0 spiro atoms. The number of esters is 1. The smallest absolute Gasteiger partial charge is 0.306 e. The Hall–Kier alpha value is -0.910. The number of aliphatic hydroxyl groups excluding tert-OH is 1. The molecule has 2 fully saturated rings. The minimum absolute atomic E-state index is 0.117. The molecule has 1 aliphatic carbocycles. The molecule has 1 saturated heterocycles. The van der Waals surface area contributed by atoms with Gasteiger partial charge in [0.15, 0.2) is 5.79 Å². The second-order valence-corrected chi connectivity index (χ2v) is 9.07. The maximum absolute atomic E-state index is 12.1. The molecule has 5 heteroatoms. The number of carbonyl (C=O) groups is 1. The summed E-state index contributed by atoms with van der Waals surface area (Å²) in [7, 11) is 0. The molecular weight excluding hydrogens is 368 g/mol. The van der Waals surface area contributed by atoms with E-state index in [1.165, 1.54) is 25.7 Å². The molecule has 5 nitrogen and oxygen atoms in total. The summed E-state index contributed by atoms with van der Waals surface area (Å²) in [4.78, 5) is 12.1. The van der Waals surface area contributed by atoms with Crippen LogP contribution in [0.5, 0.6) is 0 Å². The number of fused-ring (bicyclic) bond motifs is 1. The average molecular weight is 409 g/mol. The molecule has 0 amide bonds. The van der Waals surface area contributed by atoms with Crippen molar-refractivity contribution < 1.29 is 24.1 Å². The first kappa shape index (κ1) is 22.8. The van der Waals surface area contributed by atoms with Gasteiger partial charge in [-0.15, -0.1) is 0 Å². The van der Waals surface area contributed by atoms with Gasteiger partial charge >= 0.3 is 5.97 Å². The van der Waals surface area contributed by atoms with E-state index in [2.05, 4.69) is 19.1 Å². The Bertz CT molecular complexity index is 525. The highest BCUT2D eigenvalue weighted by Gasteiger charge is 2.46. The van der Waals surface area contributed by atoms with Crippen molar-refractivity contribution >= 4 is 5.97 Å². The molecule has 166 valence electrons. The molecule has 0 aromatic carbocycles. The predicted octanol–water partition coefficient (Wildman–Crippen LogP) is 4.91. The number of aliphatic hydroxyl groups is 1. The molecule has 29 heavy (non-hydrogen) atoms.